The van der Waals surface area contributed by atoms with E-state index in [9.17, 15) is 8.42 Å². The van der Waals surface area contributed by atoms with Crippen LogP contribution in [0.5, 0.6) is 0 Å². The number of sulfonamides is 1. The number of hydrogen-bond donors (Lipinski definition) is 2. The van der Waals surface area contributed by atoms with Gasteiger partial charge in [-0.25, -0.2) is 8.42 Å². The van der Waals surface area contributed by atoms with Crippen molar-refractivity contribution in [3.05, 3.63) is 28.8 Å². The van der Waals surface area contributed by atoms with Crippen LogP contribution in [0.4, 0.5) is 5.69 Å². The lowest BCUT2D eigenvalue weighted by Crippen LogP contribution is -2.21. The highest BCUT2D eigenvalue weighted by Crippen LogP contribution is 2.20. The number of nitrogens with one attached hydrogen (secondary N) is 1. The fourth-order valence-corrected chi connectivity index (χ4v) is 2.35. The molecule has 1 aromatic rings. The average molecular weight is 293 g/mol. The molecule has 0 atom stereocenters. The molecule has 0 unspecified atom stereocenters. The Kier molecular flexibility index (Phi) is 5.87. The number of rotatable bonds is 7. The number of hydrogen-bond acceptors (Lipinski definition) is 4. The highest BCUT2D eigenvalue weighted by molar-refractivity contribution is 7.92. The standard InChI is InChI=1S/C11H17ClN2O3S/c1-9-2-3-10(8-11(9)12)14-18(15,16)7-6-17-5-4-13/h2-3,8,14H,4-7,13H2,1H3. The van der Waals surface area contributed by atoms with Gasteiger partial charge in [-0.15, -0.1) is 0 Å². The Morgan fingerprint density at radius 2 is 2.11 bits per heavy atom. The van der Waals surface area contributed by atoms with E-state index >= 15 is 0 Å². The number of anilines is 1. The van der Waals surface area contributed by atoms with Crippen molar-refractivity contribution in [2.24, 2.45) is 5.73 Å². The summed E-state index contributed by atoms with van der Waals surface area (Å²) in [5.41, 5.74) is 6.57. The van der Waals surface area contributed by atoms with E-state index in [2.05, 4.69) is 4.72 Å². The lowest BCUT2D eigenvalue weighted by Gasteiger charge is -2.09. The van der Waals surface area contributed by atoms with Gasteiger partial charge < -0.3 is 10.5 Å². The smallest absolute Gasteiger partial charge is 0.235 e. The van der Waals surface area contributed by atoms with Crippen molar-refractivity contribution in [2.75, 3.05) is 30.2 Å². The lowest BCUT2D eigenvalue weighted by molar-refractivity contribution is 0.157. The van der Waals surface area contributed by atoms with Crippen molar-refractivity contribution >= 4 is 27.3 Å². The van der Waals surface area contributed by atoms with Gasteiger partial charge in [-0.3, -0.25) is 4.72 Å². The van der Waals surface area contributed by atoms with Crippen LogP contribution in [0.3, 0.4) is 0 Å². The maximum absolute atomic E-state index is 11.7. The molecule has 0 radical (unpaired) electrons. The summed E-state index contributed by atoms with van der Waals surface area (Å²) in [5, 5.41) is 0.523. The van der Waals surface area contributed by atoms with Crippen LogP contribution in [0, 0.1) is 6.92 Å². The fourth-order valence-electron chi connectivity index (χ4n) is 1.24. The van der Waals surface area contributed by atoms with Gasteiger partial charge in [-0.1, -0.05) is 17.7 Å². The molecule has 0 saturated carbocycles. The van der Waals surface area contributed by atoms with E-state index in [4.69, 9.17) is 22.1 Å². The molecule has 5 nitrogen and oxygen atoms in total. The van der Waals surface area contributed by atoms with E-state index in [-0.39, 0.29) is 12.4 Å². The third-order valence-electron chi connectivity index (χ3n) is 2.20. The minimum absolute atomic E-state index is 0.113. The Hall–Kier alpha value is -0.820. The summed E-state index contributed by atoms with van der Waals surface area (Å²) in [6, 6.07) is 5.00. The van der Waals surface area contributed by atoms with E-state index in [0.29, 0.717) is 23.9 Å². The molecule has 0 fully saturated rings. The molecule has 0 aliphatic carbocycles. The molecule has 18 heavy (non-hydrogen) atoms. The Morgan fingerprint density at radius 1 is 1.39 bits per heavy atom. The van der Waals surface area contributed by atoms with E-state index in [1.54, 1.807) is 18.2 Å². The predicted octanol–water partition coefficient (Wildman–Crippen LogP) is 1.37. The van der Waals surface area contributed by atoms with Gasteiger partial charge in [0.1, 0.15) is 0 Å². The number of nitrogens with two attached hydrogens (primary N) is 1. The molecule has 0 saturated heterocycles. The zero-order valence-corrected chi connectivity index (χ0v) is 11.7. The molecule has 102 valence electrons. The largest absolute Gasteiger partial charge is 0.379 e. The SMILES string of the molecule is Cc1ccc(NS(=O)(=O)CCOCCN)cc1Cl. The highest BCUT2D eigenvalue weighted by Gasteiger charge is 2.10. The van der Waals surface area contributed by atoms with Gasteiger partial charge in [0.25, 0.3) is 0 Å². The van der Waals surface area contributed by atoms with Gasteiger partial charge in [-0.2, -0.15) is 0 Å². The molecule has 0 bridgehead atoms. The molecular weight excluding hydrogens is 276 g/mol. The summed E-state index contributed by atoms with van der Waals surface area (Å²) < 4.78 is 30.9. The Morgan fingerprint density at radius 3 is 2.72 bits per heavy atom. The Labute approximate surface area is 112 Å². The molecule has 0 aromatic heterocycles. The Balaban J connectivity index is 2.56. The lowest BCUT2D eigenvalue weighted by atomic mass is 10.2. The number of ether oxygens (including phenoxy) is 1. The first-order chi connectivity index (χ1) is 8.44. The first-order valence-electron chi connectivity index (χ1n) is 5.49. The number of aryl methyl sites for hydroxylation is 1. The summed E-state index contributed by atoms with van der Waals surface area (Å²) in [5.74, 6) is -0.113. The van der Waals surface area contributed by atoms with E-state index in [1.165, 1.54) is 0 Å². The Bertz CT molecular complexity index is 491. The van der Waals surface area contributed by atoms with Crippen LogP contribution in [0.15, 0.2) is 18.2 Å². The van der Waals surface area contributed by atoms with Gasteiger partial charge in [0.2, 0.25) is 10.0 Å². The molecule has 1 aromatic carbocycles. The second-order valence-electron chi connectivity index (χ2n) is 3.79. The van der Waals surface area contributed by atoms with Crippen molar-refractivity contribution in [3.63, 3.8) is 0 Å². The highest BCUT2D eigenvalue weighted by atomic mass is 35.5. The van der Waals surface area contributed by atoms with Crippen LogP contribution < -0.4 is 10.5 Å². The van der Waals surface area contributed by atoms with Crippen molar-refractivity contribution < 1.29 is 13.2 Å². The van der Waals surface area contributed by atoms with Crippen LogP contribution in [-0.4, -0.2) is 33.9 Å². The minimum atomic E-state index is -3.42. The monoisotopic (exact) mass is 292 g/mol. The van der Waals surface area contributed by atoms with Crippen LogP contribution >= 0.6 is 11.6 Å². The maximum atomic E-state index is 11.7. The fraction of sp³-hybridized carbons (Fsp3) is 0.455. The molecule has 3 N–H and O–H groups in total. The molecule has 1 rings (SSSR count). The van der Waals surface area contributed by atoms with Gasteiger partial charge in [0.05, 0.1) is 19.0 Å². The van der Waals surface area contributed by atoms with Gasteiger partial charge in [0.15, 0.2) is 0 Å². The zero-order chi connectivity index (χ0) is 13.6. The zero-order valence-electron chi connectivity index (χ0n) is 10.1. The van der Waals surface area contributed by atoms with Gasteiger partial charge in [0, 0.05) is 17.3 Å². The number of benzene rings is 1. The molecule has 0 aliphatic heterocycles. The topological polar surface area (TPSA) is 81.4 Å². The van der Waals surface area contributed by atoms with Crippen LogP contribution in [0.25, 0.3) is 0 Å². The van der Waals surface area contributed by atoms with Gasteiger partial charge in [-0.05, 0) is 24.6 Å². The van der Waals surface area contributed by atoms with E-state index in [1.807, 2.05) is 6.92 Å². The summed E-state index contributed by atoms with van der Waals surface area (Å²) >= 11 is 5.91. The maximum Gasteiger partial charge on any atom is 0.235 e. The summed E-state index contributed by atoms with van der Waals surface area (Å²) in [7, 11) is -3.42. The second-order valence-corrected chi connectivity index (χ2v) is 6.04. The number of halogens is 1. The van der Waals surface area contributed by atoms with Crippen molar-refractivity contribution in [2.45, 2.75) is 6.92 Å². The molecule has 0 amide bonds. The second kappa shape index (κ2) is 6.94. The molecule has 0 aliphatic rings. The summed E-state index contributed by atoms with van der Waals surface area (Å²) in [6.07, 6.45) is 0. The quantitative estimate of drug-likeness (QED) is 0.744. The van der Waals surface area contributed by atoms with Gasteiger partial charge >= 0.3 is 0 Å². The summed E-state index contributed by atoms with van der Waals surface area (Å²) in [6.45, 7) is 2.69. The normalized spacial score (nSPS) is 11.5. The van der Waals surface area contributed by atoms with E-state index < -0.39 is 10.0 Å². The minimum Gasteiger partial charge on any atom is -0.379 e. The summed E-state index contributed by atoms with van der Waals surface area (Å²) in [4.78, 5) is 0. The molecule has 7 heteroatoms. The third kappa shape index (κ3) is 5.22. The molecule has 0 heterocycles. The average Bonchev–Trinajstić information content (AvgIpc) is 2.29. The third-order valence-corrected chi connectivity index (χ3v) is 3.86. The van der Waals surface area contributed by atoms with Crippen LogP contribution in [0.1, 0.15) is 5.56 Å². The molecular formula is C11H17ClN2O3S. The van der Waals surface area contributed by atoms with Crippen molar-refractivity contribution in [3.8, 4) is 0 Å². The van der Waals surface area contributed by atoms with Crippen LogP contribution in [0.2, 0.25) is 5.02 Å². The molecule has 0 spiro atoms. The first-order valence-corrected chi connectivity index (χ1v) is 7.52. The predicted molar refractivity (Wildman–Crippen MR) is 73.5 cm³/mol. The van der Waals surface area contributed by atoms with E-state index in [0.717, 1.165) is 5.56 Å². The van der Waals surface area contributed by atoms with Crippen LogP contribution in [-0.2, 0) is 14.8 Å². The first kappa shape index (κ1) is 15.2. The van der Waals surface area contributed by atoms with Crippen molar-refractivity contribution in [1.82, 2.24) is 0 Å². The van der Waals surface area contributed by atoms with Crippen molar-refractivity contribution in [1.29, 1.82) is 0 Å².